The molecular formula is C18H19BrS. The minimum atomic E-state index is 0.297. The third-order valence-electron chi connectivity index (χ3n) is 4.07. The standard InChI is InChI=1S/C18H19BrS/c1-20-17-10-8-14(9-11-17)18(19)16-7-6-13-4-2-3-5-15(13)12-16/h6-12,18H,2-5H2,1H3. The number of thioether (sulfide) groups is 1. The molecule has 1 aliphatic rings. The van der Waals surface area contributed by atoms with Gasteiger partial charge in [0.05, 0.1) is 4.83 Å². The van der Waals surface area contributed by atoms with Crippen LogP contribution < -0.4 is 0 Å². The summed E-state index contributed by atoms with van der Waals surface area (Å²) in [5, 5.41) is 0. The normalized spacial score (nSPS) is 15.7. The summed E-state index contributed by atoms with van der Waals surface area (Å²) in [5.74, 6) is 0. The van der Waals surface area contributed by atoms with Gasteiger partial charge in [-0.1, -0.05) is 46.3 Å². The van der Waals surface area contributed by atoms with Gasteiger partial charge in [0.15, 0.2) is 0 Å². The first kappa shape index (κ1) is 14.2. The van der Waals surface area contributed by atoms with Crippen LogP contribution in [0.1, 0.15) is 39.9 Å². The number of alkyl halides is 1. The number of benzene rings is 2. The number of halogens is 1. The van der Waals surface area contributed by atoms with E-state index in [0.717, 1.165) is 0 Å². The fraction of sp³-hybridized carbons (Fsp3) is 0.333. The maximum Gasteiger partial charge on any atom is 0.0644 e. The number of hydrogen-bond acceptors (Lipinski definition) is 1. The van der Waals surface area contributed by atoms with E-state index in [1.54, 1.807) is 22.9 Å². The van der Waals surface area contributed by atoms with Crippen molar-refractivity contribution in [3.8, 4) is 0 Å². The van der Waals surface area contributed by atoms with Crippen LogP contribution in [0.2, 0.25) is 0 Å². The Morgan fingerprint density at radius 1 is 0.900 bits per heavy atom. The van der Waals surface area contributed by atoms with Crippen molar-refractivity contribution in [3.63, 3.8) is 0 Å². The van der Waals surface area contributed by atoms with E-state index in [2.05, 4.69) is 64.7 Å². The summed E-state index contributed by atoms with van der Waals surface area (Å²) in [6.07, 6.45) is 7.30. The smallest absolute Gasteiger partial charge is 0.0644 e. The van der Waals surface area contributed by atoms with Gasteiger partial charge in [0.2, 0.25) is 0 Å². The van der Waals surface area contributed by atoms with E-state index in [9.17, 15) is 0 Å². The second kappa shape index (κ2) is 6.36. The molecule has 0 spiro atoms. The summed E-state index contributed by atoms with van der Waals surface area (Å²) in [6, 6.07) is 15.9. The molecule has 0 N–H and O–H groups in total. The zero-order valence-electron chi connectivity index (χ0n) is 11.7. The van der Waals surface area contributed by atoms with Crippen LogP contribution >= 0.6 is 27.7 Å². The lowest BCUT2D eigenvalue weighted by atomic mass is 9.89. The third-order valence-corrected chi connectivity index (χ3v) is 5.87. The van der Waals surface area contributed by atoms with E-state index in [1.807, 2.05) is 0 Å². The molecule has 1 aliphatic carbocycles. The predicted molar refractivity (Wildman–Crippen MR) is 92.1 cm³/mol. The molecule has 0 aromatic heterocycles. The van der Waals surface area contributed by atoms with Gasteiger partial charge in [0.25, 0.3) is 0 Å². The van der Waals surface area contributed by atoms with Gasteiger partial charge < -0.3 is 0 Å². The maximum absolute atomic E-state index is 3.86. The van der Waals surface area contributed by atoms with E-state index < -0.39 is 0 Å². The molecule has 0 saturated heterocycles. The van der Waals surface area contributed by atoms with E-state index in [0.29, 0.717) is 4.83 Å². The van der Waals surface area contributed by atoms with E-state index >= 15 is 0 Å². The Balaban J connectivity index is 1.87. The summed E-state index contributed by atoms with van der Waals surface area (Å²) in [6.45, 7) is 0. The Labute approximate surface area is 134 Å². The van der Waals surface area contributed by atoms with Crippen LogP contribution in [-0.4, -0.2) is 6.26 Å². The first-order valence-corrected chi connectivity index (χ1v) is 9.31. The Bertz CT molecular complexity index is 589. The van der Waals surface area contributed by atoms with E-state index in [4.69, 9.17) is 0 Å². The van der Waals surface area contributed by atoms with Crippen LogP contribution in [0.25, 0.3) is 0 Å². The Morgan fingerprint density at radius 3 is 2.25 bits per heavy atom. The zero-order valence-corrected chi connectivity index (χ0v) is 14.1. The number of fused-ring (bicyclic) bond motifs is 1. The van der Waals surface area contributed by atoms with E-state index in [1.165, 1.54) is 41.7 Å². The summed E-state index contributed by atoms with van der Waals surface area (Å²) in [5.41, 5.74) is 5.82. The van der Waals surface area contributed by atoms with Gasteiger partial charge in [0.1, 0.15) is 0 Å². The van der Waals surface area contributed by atoms with Gasteiger partial charge in [-0.15, -0.1) is 11.8 Å². The third kappa shape index (κ3) is 2.96. The molecule has 0 amide bonds. The first-order chi connectivity index (χ1) is 9.78. The Hall–Kier alpha value is -0.730. The van der Waals surface area contributed by atoms with Crippen LogP contribution in [0.4, 0.5) is 0 Å². The molecule has 0 fully saturated rings. The zero-order chi connectivity index (χ0) is 13.9. The summed E-state index contributed by atoms with van der Waals surface area (Å²) >= 11 is 5.65. The van der Waals surface area contributed by atoms with Crippen molar-refractivity contribution < 1.29 is 0 Å². The number of aryl methyl sites for hydroxylation is 2. The lowest BCUT2D eigenvalue weighted by Crippen LogP contribution is -2.04. The molecule has 1 atom stereocenters. The van der Waals surface area contributed by atoms with Gasteiger partial charge in [0, 0.05) is 4.90 Å². The van der Waals surface area contributed by atoms with Gasteiger partial charge in [-0.2, -0.15) is 0 Å². The second-order valence-electron chi connectivity index (χ2n) is 5.37. The van der Waals surface area contributed by atoms with Gasteiger partial charge >= 0.3 is 0 Å². The molecule has 0 heterocycles. The van der Waals surface area contributed by atoms with E-state index in [-0.39, 0.29) is 0 Å². The van der Waals surface area contributed by atoms with Crippen LogP contribution in [0, 0.1) is 0 Å². The first-order valence-electron chi connectivity index (χ1n) is 7.17. The lowest BCUT2D eigenvalue weighted by Gasteiger charge is -2.19. The molecule has 2 aromatic rings. The van der Waals surface area contributed by atoms with Crippen LogP contribution in [0.3, 0.4) is 0 Å². The molecule has 20 heavy (non-hydrogen) atoms. The number of rotatable bonds is 3. The molecule has 0 radical (unpaired) electrons. The molecule has 0 nitrogen and oxygen atoms in total. The minimum Gasteiger partial charge on any atom is -0.130 e. The average Bonchev–Trinajstić information content (AvgIpc) is 2.54. The monoisotopic (exact) mass is 346 g/mol. The van der Waals surface area contributed by atoms with Crippen molar-refractivity contribution in [2.24, 2.45) is 0 Å². The highest BCUT2D eigenvalue weighted by atomic mass is 79.9. The van der Waals surface area contributed by atoms with Crippen molar-refractivity contribution in [1.29, 1.82) is 0 Å². The van der Waals surface area contributed by atoms with Crippen molar-refractivity contribution in [2.75, 3.05) is 6.26 Å². The van der Waals surface area contributed by atoms with Crippen molar-refractivity contribution in [2.45, 2.75) is 35.4 Å². The molecular weight excluding hydrogens is 328 g/mol. The average molecular weight is 347 g/mol. The maximum atomic E-state index is 3.86. The molecule has 2 heteroatoms. The fourth-order valence-corrected chi connectivity index (χ4v) is 3.87. The fourth-order valence-electron chi connectivity index (χ4n) is 2.88. The highest BCUT2D eigenvalue weighted by molar-refractivity contribution is 9.09. The molecule has 3 rings (SSSR count). The Kier molecular flexibility index (Phi) is 4.52. The molecule has 0 saturated carbocycles. The van der Waals surface area contributed by atoms with Crippen LogP contribution in [-0.2, 0) is 12.8 Å². The van der Waals surface area contributed by atoms with Crippen LogP contribution in [0.15, 0.2) is 47.4 Å². The highest BCUT2D eigenvalue weighted by Gasteiger charge is 2.14. The highest BCUT2D eigenvalue weighted by Crippen LogP contribution is 2.34. The van der Waals surface area contributed by atoms with Crippen molar-refractivity contribution >= 4 is 27.7 Å². The second-order valence-corrected chi connectivity index (χ2v) is 7.17. The molecule has 0 aliphatic heterocycles. The van der Waals surface area contributed by atoms with Gasteiger partial charge in [-0.05, 0) is 66.3 Å². The topological polar surface area (TPSA) is 0 Å². The summed E-state index contributed by atoms with van der Waals surface area (Å²) in [7, 11) is 0. The summed E-state index contributed by atoms with van der Waals surface area (Å²) in [4.78, 5) is 1.62. The van der Waals surface area contributed by atoms with Crippen LogP contribution in [0.5, 0.6) is 0 Å². The largest absolute Gasteiger partial charge is 0.130 e. The van der Waals surface area contributed by atoms with Crippen molar-refractivity contribution in [1.82, 2.24) is 0 Å². The predicted octanol–water partition coefficient (Wildman–Crippen LogP) is 5.77. The molecule has 2 aromatic carbocycles. The lowest BCUT2D eigenvalue weighted by molar-refractivity contribution is 0.684. The SMILES string of the molecule is CSc1ccc(C(Br)c2ccc3c(c2)CCCC3)cc1. The molecule has 1 unspecified atom stereocenters. The van der Waals surface area contributed by atoms with Gasteiger partial charge in [-0.3, -0.25) is 0 Å². The van der Waals surface area contributed by atoms with Crippen molar-refractivity contribution in [3.05, 3.63) is 64.7 Å². The Morgan fingerprint density at radius 2 is 1.55 bits per heavy atom. The summed E-state index contributed by atoms with van der Waals surface area (Å²) < 4.78 is 0. The molecule has 104 valence electrons. The number of hydrogen-bond donors (Lipinski definition) is 0. The minimum absolute atomic E-state index is 0.297. The quantitative estimate of drug-likeness (QED) is 0.502. The molecule has 0 bridgehead atoms. The van der Waals surface area contributed by atoms with Gasteiger partial charge in [-0.25, -0.2) is 0 Å².